The molecule has 0 aliphatic heterocycles. The van der Waals surface area contributed by atoms with Crippen molar-refractivity contribution in [3.8, 4) is 17.2 Å². The first-order valence-electron chi connectivity index (χ1n) is 7.36. The largest absolute Gasteiger partial charge is 0.489 e. The Morgan fingerprint density at radius 2 is 1.75 bits per heavy atom. The van der Waals surface area contributed by atoms with Gasteiger partial charge in [0, 0.05) is 12.5 Å². The minimum absolute atomic E-state index is 0.352. The van der Waals surface area contributed by atoms with Gasteiger partial charge in [-0.1, -0.05) is 12.1 Å². The third-order valence-electron chi connectivity index (χ3n) is 3.41. The second-order valence-corrected chi connectivity index (χ2v) is 5.13. The summed E-state index contributed by atoms with van der Waals surface area (Å²) in [5, 5.41) is 7.78. The van der Waals surface area contributed by atoms with Gasteiger partial charge in [-0.3, -0.25) is 0 Å². The van der Waals surface area contributed by atoms with Gasteiger partial charge in [-0.05, 0) is 42.0 Å². The summed E-state index contributed by atoms with van der Waals surface area (Å²) in [5.41, 5.74) is 2.31. The van der Waals surface area contributed by atoms with Gasteiger partial charge >= 0.3 is 5.97 Å². The van der Waals surface area contributed by atoms with Crippen LogP contribution in [0.3, 0.4) is 0 Å². The Bertz CT molecular complexity index is 823. The molecule has 1 aromatic heterocycles. The molecule has 0 saturated heterocycles. The minimum atomic E-state index is -0.352. The fourth-order valence-electron chi connectivity index (χ4n) is 2.13. The molecular formula is C18H16N2O4. The highest BCUT2D eigenvalue weighted by Gasteiger charge is 2.07. The quantitative estimate of drug-likeness (QED) is 0.670. The molecule has 0 unspecified atom stereocenters. The monoisotopic (exact) mass is 324 g/mol. The third kappa shape index (κ3) is 3.60. The Morgan fingerprint density at radius 3 is 2.33 bits per heavy atom. The van der Waals surface area contributed by atoms with Crippen LogP contribution in [0.15, 0.2) is 52.9 Å². The molecule has 2 aromatic carbocycles. The van der Waals surface area contributed by atoms with Crippen molar-refractivity contribution in [3.05, 3.63) is 65.5 Å². The lowest BCUT2D eigenvalue weighted by Gasteiger charge is -2.07. The van der Waals surface area contributed by atoms with Crippen molar-refractivity contribution in [3.63, 3.8) is 0 Å². The van der Waals surface area contributed by atoms with E-state index in [1.54, 1.807) is 19.1 Å². The lowest BCUT2D eigenvalue weighted by atomic mass is 10.1. The summed E-state index contributed by atoms with van der Waals surface area (Å²) in [6.07, 6.45) is 0. The summed E-state index contributed by atoms with van der Waals surface area (Å²) in [7, 11) is 1.36. The maximum atomic E-state index is 11.4. The van der Waals surface area contributed by atoms with Crippen molar-refractivity contribution in [1.29, 1.82) is 0 Å². The van der Waals surface area contributed by atoms with E-state index in [4.69, 9.17) is 9.15 Å². The number of methoxy groups -OCH3 is 1. The molecule has 0 aliphatic rings. The Morgan fingerprint density at radius 1 is 1.04 bits per heavy atom. The smallest absolute Gasteiger partial charge is 0.337 e. The molecule has 0 aliphatic carbocycles. The van der Waals surface area contributed by atoms with Crippen LogP contribution in [-0.2, 0) is 11.3 Å². The van der Waals surface area contributed by atoms with E-state index in [0.29, 0.717) is 24.0 Å². The molecule has 24 heavy (non-hydrogen) atoms. The van der Waals surface area contributed by atoms with E-state index in [-0.39, 0.29) is 5.97 Å². The average Bonchev–Trinajstić information content (AvgIpc) is 3.06. The van der Waals surface area contributed by atoms with Crippen molar-refractivity contribution < 1.29 is 18.7 Å². The topological polar surface area (TPSA) is 74.5 Å². The number of esters is 1. The maximum absolute atomic E-state index is 11.4. The van der Waals surface area contributed by atoms with Crippen LogP contribution >= 0.6 is 0 Å². The van der Waals surface area contributed by atoms with Crippen LogP contribution in [0.2, 0.25) is 0 Å². The fourth-order valence-corrected chi connectivity index (χ4v) is 2.13. The van der Waals surface area contributed by atoms with Crippen LogP contribution in [0.25, 0.3) is 11.5 Å². The summed E-state index contributed by atoms with van der Waals surface area (Å²) < 4.78 is 15.8. The Balaban J connectivity index is 1.61. The zero-order valence-corrected chi connectivity index (χ0v) is 13.4. The molecule has 0 amide bonds. The predicted molar refractivity (Wildman–Crippen MR) is 86.6 cm³/mol. The van der Waals surface area contributed by atoms with Crippen molar-refractivity contribution in [1.82, 2.24) is 10.2 Å². The first-order chi connectivity index (χ1) is 11.7. The number of aryl methyl sites for hydroxylation is 1. The molecule has 0 radical (unpaired) electrons. The number of ether oxygens (including phenoxy) is 2. The number of carbonyl (C=O) groups excluding carboxylic acids is 1. The van der Waals surface area contributed by atoms with E-state index in [1.165, 1.54) is 7.11 Å². The molecule has 0 fully saturated rings. The van der Waals surface area contributed by atoms with Crippen LogP contribution in [0.4, 0.5) is 0 Å². The van der Waals surface area contributed by atoms with Crippen LogP contribution in [0.5, 0.6) is 5.75 Å². The fraction of sp³-hybridized carbons (Fsp3) is 0.167. The summed E-state index contributed by atoms with van der Waals surface area (Å²) >= 11 is 0. The van der Waals surface area contributed by atoms with Gasteiger partial charge in [-0.15, -0.1) is 10.2 Å². The van der Waals surface area contributed by atoms with Gasteiger partial charge in [0.15, 0.2) is 0 Å². The lowest BCUT2D eigenvalue weighted by molar-refractivity contribution is 0.0600. The van der Waals surface area contributed by atoms with Gasteiger partial charge in [0.25, 0.3) is 0 Å². The summed E-state index contributed by atoms with van der Waals surface area (Å²) in [6, 6.07) is 14.5. The number of nitrogens with zero attached hydrogens (tertiary/aromatic N) is 2. The molecule has 0 atom stereocenters. The summed E-state index contributed by atoms with van der Waals surface area (Å²) in [6.45, 7) is 2.15. The molecule has 6 nitrogen and oxygen atoms in total. The Hall–Kier alpha value is -3.15. The summed E-state index contributed by atoms with van der Waals surface area (Å²) in [5.74, 6) is 1.39. The van der Waals surface area contributed by atoms with Gasteiger partial charge in [0.05, 0.1) is 12.7 Å². The van der Waals surface area contributed by atoms with E-state index < -0.39 is 0 Å². The molecule has 1 heterocycles. The third-order valence-corrected chi connectivity index (χ3v) is 3.41. The van der Waals surface area contributed by atoms with Crippen LogP contribution in [0, 0.1) is 6.92 Å². The molecule has 122 valence electrons. The highest BCUT2D eigenvalue weighted by molar-refractivity contribution is 5.89. The molecule has 0 N–H and O–H groups in total. The first-order valence-corrected chi connectivity index (χ1v) is 7.36. The predicted octanol–water partition coefficient (Wildman–Crippen LogP) is 3.41. The van der Waals surface area contributed by atoms with E-state index in [2.05, 4.69) is 14.9 Å². The molecule has 0 saturated carbocycles. The number of hydrogen-bond acceptors (Lipinski definition) is 6. The second-order valence-electron chi connectivity index (χ2n) is 5.13. The van der Waals surface area contributed by atoms with Crippen molar-refractivity contribution in [2.45, 2.75) is 13.5 Å². The van der Waals surface area contributed by atoms with E-state index in [9.17, 15) is 4.79 Å². The van der Waals surface area contributed by atoms with E-state index >= 15 is 0 Å². The van der Waals surface area contributed by atoms with Crippen LogP contribution < -0.4 is 4.74 Å². The lowest BCUT2D eigenvalue weighted by Crippen LogP contribution is -2.01. The molecular weight excluding hydrogens is 308 g/mol. The van der Waals surface area contributed by atoms with Gasteiger partial charge in [-0.25, -0.2) is 4.79 Å². The van der Waals surface area contributed by atoms with Crippen LogP contribution in [0.1, 0.15) is 21.8 Å². The van der Waals surface area contributed by atoms with E-state index in [0.717, 1.165) is 16.9 Å². The molecule has 6 heteroatoms. The molecule has 0 bridgehead atoms. The Labute approximate surface area is 139 Å². The second kappa shape index (κ2) is 6.95. The molecule has 0 spiro atoms. The number of benzene rings is 2. The van der Waals surface area contributed by atoms with Gasteiger partial charge in [-0.2, -0.15) is 0 Å². The van der Waals surface area contributed by atoms with Gasteiger partial charge in [0.1, 0.15) is 12.4 Å². The zero-order valence-electron chi connectivity index (χ0n) is 13.4. The van der Waals surface area contributed by atoms with Gasteiger partial charge in [0.2, 0.25) is 11.8 Å². The highest BCUT2D eigenvalue weighted by atomic mass is 16.5. The average molecular weight is 324 g/mol. The normalized spacial score (nSPS) is 10.4. The number of rotatable bonds is 5. The summed E-state index contributed by atoms with van der Waals surface area (Å²) in [4.78, 5) is 11.4. The Kier molecular flexibility index (Phi) is 4.56. The van der Waals surface area contributed by atoms with Crippen LogP contribution in [-0.4, -0.2) is 23.3 Å². The number of hydrogen-bond donors (Lipinski definition) is 0. The first kappa shape index (κ1) is 15.7. The minimum Gasteiger partial charge on any atom is -0.489 e. The number of carbonyl (C=O) groups is 1. The molecule has 3 aromatic rings. The molecule has 3 rings (SSSR count). The van der Waals surface area contributed by atoms with Crippen molar-refractivity contribution in [2.75, 3.05) is 7.11 Å². The van der Waals surface area contributed by atoms with Gasteiger partial charge < -0.3 is 13.9 Å². The number of aromatic nitrogens is 2. The van der Waals surface area contributed by atoms with Crippen molar-refractivity contribution in [2.24, 2.45) is 0 Å². The SMILES string of the molecule is COC(=O)c1ccc(COc2ccc(-c3nnc(C)o3)cc2)cc1. The maximum Gasteiger partial charge on any atom is 0.337 e. The zero-order chi connectivity index (χ0) is 16.9. The standard InChI is InChI=1S/C18H16N2O4/c1-12-19-20-17(24-12)14-7-9-16(10-8-14)23-11-13-3-5-15(6-4-13)18(21)22-2/h3-10H,11H2,1-2H3. The van der Waals surface area contributed by atoms with E-state index in [1.807, 2.05) is 36.4 Å². The van der Waals surface area contributed by atoms with Crippen molar-refractivity contribution >= 4 is 5.97 Å². The highest BCUT2D eigenvalue weighted by Crippen LogP contribution is 2.21.